The van der Waals surface area contributed by atoms with Gasteiger partial charge in [-0.15, -0.1) is 0 Å². The van der Waals surface area contributed by atoms with Crippen molar-refractivity contribution in [3.05, 3.63) is 0 Å². The Hall–Kier alpha value is -0.660. The van der Waals surface area contributed by atoms with E-state index in [9.17, 15) is 13.2 Å². The van der Waals surface area contributed by atoms with Crippen LogP contribution in [-0.2, 0) is 19.6 Å². The molecule has 1 rings (SSSR count). The van der Waals surface area contributed by atoms with E-state index in [2.05, 4.69) is 9.46 Å². The molecule has 1 aliphatic carbocycles. The maximum Gasteiger partial charge on any atom is 0.310 e. The van der Waals surface area contributed by atoms with Crippen LogP contribution in [0.25, 0.3) is 0 Å². The van der Waals surface area contributed by atoms with Crippen LogP contribution in [0.3, 0.4) is 0 Å². The molecule has 2 N–H and O–H groups in total. The number of hydrogen-bond acceptors (Lipinski definition) is 5. The molecule has 2 unspecified atom stereocenters. The molecule has 1 saturated carbocycles. The van der Waals surface area contributed by atoms with Crippen molar-refractivity contribution < 1.29 is 23.1 Å². The van der Waals surface area contributed by atoms with Crippen molar-refractivity contribution in [3.8, 4) is 0 Å². The van der Waals surface area contributed by atoms with E-state index >= 15 is 0 Å². The van der Waals surface area contributed by atoms with Crippen LogP contribution < -0.4 is 4.72 Å². The van der Waals surface area contributed by atoms with Crippen molar-refractivity contribution in [3.63, 3.8) is 0 Å². The zero-order valence-electron chi connectivity index (χ0n) is 9.89. The van der Waals surface area contributed by atoms with E-state index in [-0.39, 0.29) is 13.2 Å². The first-order chi connectivity index (χ1) is 8.03. The van der Waals surface area contributed by atoms with Crippen molar-refractivity contribution >= 4 is 16.0 Å². The van der Waals surface area contributed by atoms with Gasteiger partial charge in [0.25, 0.3) is 0 Å². The lowest BCUT2D eigenvalue weighted by molar-refractivity contribution is -0.145. The summed E-state index contributed by atoms with van der Waals surface area (Å²) in [6.07, 6.45) is 2.12. The summed E-state index contributed by atoms with van der Waals surface area (Å²) in [5.41, 5.74) is 0. The Kier molecular flexibility index (Phi) is 5.35. The number of carbonyl (C=O) groups excluding carboxylic acids is 1. The molecule has 0 heterocycles. The largest absolute Gasteiger partial charge is 0.469 e. The van der Waals surface area contributed by atoms with Gasteiger partial charge in [-0.3, -0.25) is 4.79 Å². The van der Waals surface area contributed by atoms with E-state index < -0.39 is 27.2 Å². The van der Waals surface area contributed by atoms with Gasteiger partial charge in [-0.2, -0.15) is 0 Å². The molecule has 17 heavy (non-hydrogen) atoms. The number of methoxy groups -OCH3 is 1. The van der Waals surface area contributed by atoms with Crippen LogP contribution in [0.15, 0.2) is 0 Å². The maximum absolute atomic E-state index is 11.9. The molecule has 7 heteroatoms. The monoisotopic (exact) mass is 265 g/mol. The number of carbonyl (C=O) groups is 1. The lowest BCUT2D eigenvalue weighted by atomic mass is 10.1. The fourth-order valence-corrected chi connectivity index (χ4v) is 3.92. The lowest BCUT2D eigenvalue weighted by Crippen LogP contribution is -2.40. The molecule has 2 atom stereocenters. The Balaban J connectivity index is 2.66. The fraction of sp³-hybridized carbons (Fsp3) is 0.900. The van der Waals surface area contributed by atoms with Crippen molar-refractivity contribution in [2.75, 3.05) is 20.3 Å². The standard InChI is InChI=1S/C10H19NO5S/c1-16-10(13)8-4-2-5-9(8)17(14,15)11-6-3-7-12/h8-9,11-12H,2-7H2,1H3. The molecule has 0 aromatic carbocycles. The summed E-state index contributed by atoms with van der Waals surface area (Å²) < 4.78 is 30.9. The van der Waals surface area contributed by atoms with Crippen LogP contribution in [0.2, 0.25) is 0 Å². The number of rotatable bonds is 6. The summed E-state index contributed by atoms with van der Waals surface area (Å²) in [4.78, 5) is 11.4. The third kappa shape index (κ3) is 3.65. The van der Waals surface area contributed by atoms with Gasteiger partial charge in [-0.1, -0.05) is 6.42 Å². The Bertz CT molecular complexity index is 354. The van der Waals surface area contributed by atoms with E-state index in [4.69, 9.17) is 5.11 Å². The molecular weight excluding hydrogens is 246 g/mol. The average Bonchev–Trinajstić information content (AvgIpc) is 2.78. The Morgan fingerprint density at radius 2 is 2.18 bits per heavy atom. The van der Waals surface area contributed by atoms with Crippen LogP contribution in [0.1, 0.15) is 25.7 Å². The van der Waals surface area contributed by atoms with Crippen LogP contribution in [0.5, 0.6) is 0 Å². The van der Waals surface area contributed by atoms with Crippen LogP contribution in [0.4, 0.5) is 0 Å². The zero-order chi connectivity index (χ0) is 12.9. The normalized spacial score (nSPS) is 24.8. The van der Waals surface area contributed by atoms with Crippen molar-refractivity contribution in [1.29, 1.82) is 0 Å². The summed E-state index contributed by atoms with van der Waals surface area (Å²) in [5.74, 6) is -1.02. The molecule has 0 bridgehead atoms. The molecule has 0 spiro atoms. The minimum atomic E-state index is -3.50. The molecule has 100 valence electrons. The van der Waals surface area contributed by atoms with Crippen LogP contribution in [-0.4, -0.2) is 45.0 Å². The second kappa shape index (κ2) is 6.32. The van der Waals surface area contributed by atoms with Gasteiger partial charge >= 0.3 is 5.97 Å². The second-order valence-electron chi connectivity index (χ2n) is 4.12. The van der Waals surface area contributed by atoms with E-state index in [0.29, 0.717) is 25.7 Å². The smallest absolute Gasteiger partial charge is 0.310 e. The quantitative estimate of drug-likeness (QED) is 0.505. The summed E-state index contributed by atoms with van der Waals surface area (Å²) >= 11 is 0. The number of ether oxygens (including phenoxy) is 1. The number of esters is 1. The number of nitrogens with one attached hydrogen (secondary N) is 1. The molecule has 1 fully saturated rings. The molecule has 0 aromatic heterocycles. The molecule has 0 aliphatic heterocycles. The van der Waals surface area contributed by atoms with Gasteiger partial charge in [0.15, 0.2) is 0 Å². The van der Waals surface area contributed by atoms with Gasteiger partial charge in [-0.05, 0) is 19.3 Å². The SMILES string of the molecule is COC(=O)C1CCCC1S(=O)(=O)NCCCO. The minimum absolute atomic E-state index is 0.0619. The van der Waals surface area contributed by atoms with Gasteiger partial charge in [0.2, 0.25) is 10.0 Å². The Morgan fingerprint density at radius 1 is 1.47 bits per heavy atom. The molecule has 0 radical (unpaired) electrons. The van der Waals surface area contributed by atoms with Gasteiger partial charge in [-0.25, -0.2) is 13.1 Å². The topological polar surface area (TPSA) is 92.7 Å². The third-order valence-electron chi connectivity index (χ3n) is 2.99. The average molecular weight is 265 g/mol. The first-order valence-corrected chi connectivity index (χ1v) is 7.24. The highest BCUT2D eigenvalue weighted by molar-refractivity contribution is 7.90. The van der Waals surface area contributed by atoms with E-state index in [0.717, 1.165) is 0 Å². The maximum atomic E-state index is 11.9. The third-order valence-corrected chi connectivity index (χ3v) is 4.96. The summed E-state index contributed by atoms with van der Waals surface area (Å²) in [7, 11) is -2.23. The van der Waals surface area contributed by atoms with E-state index in [1.807, 2.05) is 0 Å². The number of hydrogen-bond donors (Lipinski definition) is 2. The van der Waals surface area contributed by atoms with Gasteiger partial charge in [0.1, 0.15) is 0 Å². The predicted molar refractivity (Wildman–Crippen MR) is 61.8 cm³/mol. The van der Waals surface area contributed by atoms with Crippen molar-refractivity contribution in [2.45, 2.75) is 30.9 Å². The summed E-state index contributed by atoms with van der Waals surface area (Å²) in [6.45, 7) is 0.136. The van der Waals surface area contributed by atoms with Crippen molar-refractivity contribution in [2.24, 2.45) is 5.92 Å². The van der Waals surface area contributed by atoms with Gasteiger partial charge in [0.05, 0.1) is 18.3 Å². The Labute approximate surface area is 101 Å². The minimum Gasteiger partial charge on any atom is -0.469 e. The molecule has 0 amide bonds. The van der Waals surface area contributed by atoms with Crippen molar-refractivity contribution in [1.82, 2.24) is 4.72 Å². The first kappa shape index (κ1) is 14.4. The second-order valence-corrected chi connectivity index (χ2v) is 6.10. The first-order valence-electron chi connectivity index (χ1n) is 5.70. The highest BCUT2D eigenvalue weighted by atomic mass is 32.2. The van der Waals surface area contributed by atoms with E-state index in [1.165, 1.54) is 7.11 Å². The predicted octanol–water partition coefficient (Wildman–Crippen LogP) is -0.370. The van der Waals surface area contributed by atoms with Gasteiger partial charge < -0.3 is 9.84 Å². The number of aliphatic hydroxyl groups excluding tert-OH is 1. The molecular formula is C10H19NO5S. The molecule has 0 aromatic rings. The Morgan fingerprint density at radius 3 is 2.76 bits per heavy atom. The summed E-state index contributed by atoms with van der Waals surface area (Å²) in [6, 6.07) is 0. The lowest BCUT2D eigenvalue weighted by Gasteiger charge is -2.18. The molecule has 1 aliphatic rings. The number of aliphatic hydroxyl groups is 1. The highest BCUT2D eigenvalue weighted by Gasteiger charge is 2.41. The molecule has 0 saturated heterocycles. The van der Waals surface area contributed by atoms with E-state index in [1.54, 1.807) is 0 Å². The molecule has 6 nitrogen and oxygen atoms in total. The summed E-state index contributed by atoms with van der Waals surface area (Å²) in [5, 5.41) is 7.90. The number of sulfonamides is 1. The van der Waals surface area contributed by atoms with Crippen LogP contribution in [0, 0.1) is 5.92 Å². The highest BCUT2D eigenvalue weighted by Crippen LogP contribution is 2.31. The zero-order valence-corrected chi connectivity index (χ0v) is 10.7. The fourth-order valence-electron chi connectivity index (χ4n) is 2.12. The van der Waals surface area contributed by atoms with Crippen LogP contribution >= 0.6 is 0 Å². The van der Waals surface area contributed by atoms with Gasteiger partial charge in [0, 0.05) is 13.2 Å².